The summed E-state index contributed by atoms with van der Waals surface area (Å²) in [5.74, 6) is -0.555. The Morgan fingerprint density at radius 1 is 1.23 bits per heavy atom. The molecule has 4 aromatic heterocycles. The van der Waals surface area contributed by atoms with Gasteiger partial charge in [-0.2, -0.15) is 11.3 Å². The van der Waals surface area contributed by atoms with Crippen LogP contribution in [0.1, 0.15) is 16.2 Å². The molecule has 4 heterocycles. The van der Waals surface area contributed by atoms with E-state index in [1.165, 1.54) is 28.0 Å². The maximum Gasteiger partial charge on any atom is 0.358 e. The molecule has 0 fully saturated rings. The molecule has 0 saturated heterocycles. The molecule has 0 aliphatic rings. The van der Waals surface area contributed by atoms with Gasteiger partial charge in [0.15, 0.2) is 5.69 Å². The van der Waals surface area contributed by atoms with Gasteiger partial charge in [-0.1, -0.05) is 11.6 Å². The first kappa shape index (κ1) is 16.9. The number of hydrogen-bond donors (Lipinski definition) is 0. The Hall–Kier alpha value is -2.55. The number of aromatic nitrogens is 3. The topological polar surface area (TPSA) is 73.6 Å². The van der Waals surface area contributed by atoms with Gasteiger partial charge in [-0.3, -0.25) is 9.20 Å². The zero-order valence-electron chi connectivity index (χ0n) is 13.1. The average Bonchev–Trinajstić information content (AvgIpc) is 3.31. The van der Waals surface area contributed by atoms with Crippen molar-refractivity contribution in [1.29, 1.82) is 0 Å². The molecule has 0 spiro atoms. The van der Waals surface area contributed by atoms with Crippen LogP contribution >= 0.6 is 34.3 Å². The molecule has 6 nitrogen and oxygen atoms in total. The lowest BCUT2D eigenvalue weighted by Crippen LogP contribution is -2.16. The summed E-state index contributed by atoms with van der Waals surface area (Å²) in [5.41, 5.74) is 1.71. The van der Waals surface area contributed by atoms with Crippen LogP contribution < -0.4 is 5.56 Å². The maximum absolute atomic E-state index is 12.2. The Morgan fingerprint density at radius 3 is 2.92 bits per heavy atom. The highest BCUT2D eigenvalue weighted by molar-refractivity contribution is 7.14. The van der Waals surface area contributed by atoms with Crippen LogP contribution in [0.4, 0.5) is 0 Å². The van der Waals surface area contributed by atoms with Gasteiger partial charge in [0.05, 0.1) is 10.7 Å². The molecular weight excluding hydrogens is 394 g/mol. The molecular formula is C17H10ClN3O3S2. The van der Waals surface area contributed by atoms with Gasteiger partial charge in [-0.05, 0) is 23.6 Å². The first-order chi connectivity index (χ1) is 12.6. The summed E-state index contributed by atoms with van der Waals surface area (Å²) in [4.78, 5) is 32.9. The fourth-order valence-electron chi connectivity index (χ4n) is 2.30. The summed E-state index contributed by atoms with van der Waals surface area (Å²) >= 11 is 8.82. The molecule has 0 saturated carbocycles. The first-order valence-electron chi connectivity index (χ1n) is 7.43. The van der Waals surface area contributed by atoms with Gasteiger partial charge in [0, 0.05) is 28.6 Å². The third-order valence-corrected chi connectivity index (χ3v) is 5.31. The van der Waals surface area contributed by atoms with Gasteiger partial charge in [0.25, 0.3) is 5.56 Å². The predicted molar refractivity (Wildman–Crippen MR) is 101 cm³/mol. The summed E-state index contributed by atoms with van der Waals surface area (Å²) in [6.45, 7) is -0.113. The van der Waals surface area contributed by atoms with Gasteiger partial charge in [0.2, 0.25) is 0 Å². The summed E-state index contributed by atoms with van der Waals surface area (Å²) in [6.07, 6.45) is 1.49. The van der Waals surface area contributed by atoms with Crippen LogP contribution in [-0.2, 0) is 11.3 Å². The normalized spacial score (nSPS) is 11.0. The van der Waals surface area contributed by atoms with Crippen molar-refractivity contribution in [3.8, 4) is 10.6 Å². The van der Waals surface area contributed by atoms with Gasteiger partial charge in [0.1, 0.15) is 17.3 Å². The molecule has 4 aromatic rings. The molecule has 26 heavy (non-hydrogen) atoms. The zero-order valence-corrected chi connectivity index (χ0v) is 15.5. The number of thiophene rings is 1. The van der Waals surface area contributed by atoms with Crippen molar-refractivity contribution in [2.75, 3.05) is 0 Å². The molecule has 0 amide bonds. The number of thiazole rings is 1. The average molecular weight is 404 g/mol. The summed E-state index contributed by atoms with van der Waals surface area (Å²) < 4.78 is 6.58. The van der Waals surface area contributed by atoms with Crippen LogP contribution in [0.5, 0.6) is 0 Å². The Kier molecular flexibility index (Phi) is 4.54. The first-order valence-corrected chi connectivity index (χ1v) is 9.63. The summed E-state index contributed by atoms with van der Waals surface area (Å²) in [7, 11) is 0. The van der Waals surface area contributed by atoms with E-state index in [0.717, 1.165) is 10.6 Å². The second-order valence-electron chi connectivity index (χ2n) is 5.29. The number of nitrogens with zero attached hydrogens (tertiary/aromatic N) is 3. The number of rotatable bonds is 4. The van der Waals surface area contributed by atoms with E-state index >= 15 is 0 Å². The number of hydrogen-bond acceptors (Lipinski definition) is 7. The largest absolute Gasteiger partial charge is 0.454 e. The van der Waals surface area contributed by atoms with Gasteiger partial charge >= 0.3 is 5.97 Å². The number of carbonyl (C=O) groups is 1. The minimum absolute atomic E-state index is 0.113. The lowest BCUT2D eigenvalue weighted by molar-refractivity contribution is 0.0462. The minimum Gasteiger partial charge on any atom is -0.454 e. The van der Waals surface area contributed by atoms with E-state index in [9.17, 15) is 9.59 Å². The van der Waals surface area contributed by atoms with Crippen LogP contribution in [-0.4, -0.2) is 20.3 Å². The van der Waals surface area contributed by atoms with Crippen molar-refractivity contribution in [3.63, 3.8) is 0 Å². The van der Waals surface area contributed by atoms with Crippen molar-refractivity contribution >= 4 is 45.9 Å². The lowest BCUT2D eigenvalue weighted by atomic mass is 10.3. The Morgan fingerprint density at radius 2 is 2.12 bits per heavy atom. The second-order valence-corrected chi connectivity index (χ2v) is 7.36. The van der Waals surface area contributed by atoms with Crippen molar-refractivity contribution in [2.45, 2.75) is 6.61 Å². The van der Waals surface area contributed by atoms with Crippen LogP contribution in [0, 0.1) is 0 Å². The van der Waals surface area contributed by atoms with Gasteiger partial charge in [-0.25, -0.2) is 14.8 Å². The fraction of sp³-hybridized carbons (Fsp3) is 0.0588. The molecule has 0 aromatic carbocycles. The molecule has 130 valence electrons. The minimum atomic E-state index is -0.555. The lowest BCUT2D eigenvalue weighted by Gasteiger charge is -2.05. The molecule has 0 bridgehead atoms. The molecule has 0 atom stereocenters. The Bertz CT molecular complexity index is 1150. The summed E-state index contributed by atoms with van der Waals surface area (Å²) in [5, 5.41) is 6.76. The quantitative estimate of drug-likeness (QED) is 0.483. The number of esters is 1. The number of carbonyl (C=O) groups excluding carboxylic acids is 1. The fourth-order valence-corrected chi connectivity index (χ4v) is 3.96. The van der Waals surface area contributed by atoms with E-state index in [-0.39, 0.29) is 17.9 Å². The third kappa shape index (κ3) is 3.39. The van der Waals surface area contributed by atoms with Crippen LogP contribution in [0.25, 0.3) is 16.2 Å². The van der Waals surface area contributed by atoms with Gasteiger partial charge in [-0.15, -0.1) is 11.3 Å². The predicted octanol–water partition coefficient (Wildman–Crippen LogP) is 3.89. The van der Waals surface area contributed by atoms with E-state index in [1.807, 2.05) is 16.8 Å². The van der Waals surface area contributed by atoms with Crippen molar-refractivity contribution in [3.05, 3.63) is 73.4 Å². The molecule has 4 rings (SSSR count). The van der Waals surface area contributed by atoms with Crippen molar-refractivity contribution in [1.82, 2.24) is 14.4 Å². The van der Waals surface area contributed by atoms with E-state index in [0.29, 0.717) is 16.4 Å². The highest BCUT2D eigenvalue weighted by Crippen LogP contribution is 2.26. The van der Waals surface area contributed by atoms with E-state index in [1.54, 1.807) is 28.8 Å². The number of ether oxygens (including phenoxy) is 1. The van der Waals surface area contributed by atoms with Gasteiger partial charge < -0.3 is 4.74 Å². The van der Waals surface area contributed by atoms with E-state index in [2.05, 4.69) is 9.97 Å². The molecule has 0 N–H and O–H groups in total. The van der Waals surface area contributed by atoms with Crippen LogP contribution in [0.3, 0.4) is 0 Å². The zero-order chi connectivity index (χ0) is 18.1. The number of fused-ring (bicyclic) bond motifs is 1. The second kappa shape index (κ2) is 6.99. The Balaban J connectivity index is 1.50. The van der Waals surface area contributed by atoms with Crippen LogP contribution in [0.15, 0.2) is 51.4 Å². The maximum atomic E-state index is 12.2. The Labute approximate surface area is 160 Å². The molecule has 0 unspecified atom stereocenters. The third-order valence-electron chi connectivity index (χ3n) is 3.51. The van der Waals surface area contributed by atoms with E-state index in [4.69, 9.17) is 16.3 Å². The number of halogens is 1. The molecule has 0 aliphatic heterocycles. The van der Waals surface area contributed by atoms with Crippen molar-refractivity contribution in [2.24, 2.45) is 0 Å². The SMILES string of the molecule is O=C(OCc1cc(=O)n2cc(Cl)ccc2n1)c1csc(-c2ccsc2)n1. The van der Waals surface area contributed by atoms with Crippen molar-refractivity contribution < 1.29 is 9.53 Å². The monoisotopic (exact) mass is 403 g/mol. The standard InChI is InChI=1S/C17H10ClN3O3S2/c18-11-1-2-14-19-12(5-15(22)21(14)6-11)7-24-17(23)13-9-26-16(20-13)10-3-4-25-8-10/h1-6,8-9H,7H2. The van der Waals surface area contributed by atoms with E-state index < -0.39 is 5.97 Å². The summed E-state index contributed by atoms with van der Waals surface area (Å²) in [6, 6.07) is 6.52. The molecule has 9 heteroatoms. The number of pyridine rings is 1. The van der Waals surface area contributed by atoms with Crippen LogP contribution in [0.2, 0.25) is 5.02 Å². The smallest absolute Gasteiger partial charge is 0.358 e. The highest BCUT2D eigenvalue weighted by Gasteiger charge is 2.14. The molecule has 0 aliphatic carbocycles. The molecule has 0 radical (unpaired) electrons. The highest BCUT2D eigenvalue weighted by atomic mass is 35.5.